The fraction of sp³-hybridized carbons (Fsp3) is 0.333. The Kier molecular flexibility index (Phi) is 4.01. The van der Waals surface area contributed by atoms with Crippen LogP contribution in [-0.4, -0.2) is 17.0 Å². The minimum absolute atomic E-state index is 0.493. The Balaban J connectivity index is 3.30. The average molecular weight is 305 g/mol. The maximum Gasteiger partial charge on any atom is 0.455 e. The average Bonchev–Trinajstić information content (AvgIpc) is 2.26. The van der Waals surface area contributed by atoms with E-state index in [0.29, 0.717) is 6.07 Å². The van der Waals surface area contributed by atoms with E-state index in [9.17, 15) is 32.1 Å². The highest BCUT2D eigenvalue weighted by atomic mass is 35.5. The SMILES string of the molecule is N[C@H](c1cc([N+](=O)[O-])ccc1Cl)C(F)(F)C(F)(F)F. The van der Waals surface area contributed by atoms with Crippen molar-refractivity contribution in [3.05, 3.63) is 38.9 Å². The van der Waals surface area contributed by atoms with E-state index in [2.05, 4.69) is 0 Å². The standard InChI is InChI=1S/C9H6ClF5N2O2/c10-6-2-1-4(17(18)19)3-5(6)7(16)8(11,12)9(13,14)15/h1-3,7H,16H2/t7-/m1/s1. The molecule has 0 saturated carbocycles. The zero-order chi connectivity index (χ0) is 15.0. The van der Waals surface area contributed by atoms with Crippen LogP contribution in [0.2, 0.25) is 5.02 Å². The minimum atomic E-state index is -5.89. The predicted molar refractivity (Wildman–Crippen MR) is 56.0 cm³/mol. The number of non-ortho nitro benzene ring substituents is 1. The third-order valence-electron chi connectivity index (χ3n) is 2.29. The maximum atomic E-state index is 13.0. The molecule has 1 rings (SSSR count). The number of hydrogen-bond acceptors (Lipinski definition) is 3. The van der Waals surface area contributed by atoms with Gasteiger partial charge in [0.1, 0.15) is 6.04 Å². The molecule has 10 heteroatoms. The Labute approximate surface area is 108 Å². The Morgan fingerprint density at radius 1 is 1.26 bits per heavy atom. The van der Waals surface area contributed by atoms with Gasteiger partial charge in [0.15, 0.2) is 0 Å². The molecule has 106 valence electrons. The highest BCUT2D eigenvalue weighted by Gasteiger charge is 2.62. The van der Waals surface area contributed by atoms with Crippen molar-refractivity contribution in [1.82, 2.24) is 0 Å². The molecule has 0 heterocycles. The predicted octanol–water partition coefficient (Wildman–Crippen LogP) is 3.45. The second-order valence-electron chi connectivity index (χ2n) is 3.56. The largest absolute Gasteiger partial charge is 0.455 e. The highest BCUT2D eigenvalue weighted by molar-refractivity contribution is 6.31. The number of benzene rings is 1. The first-order valence-corrected chi connectivity index (χ1v) is 5.00. The van der Waals surface area contributed by atoms with Crippen molar-refractivity contribution >= 4 is 17.3 Å². The number of nitro benzene ring substituents is 1. The lowest BCUT2D eigenvalue weighted by Gasteiger charge is -2.26. The number of nitrogens with two attached hydrogens (primary N) is 1. The van der Waals surface area contributed by atoms with Gasteiger partial charge in [-0.1, -0.05) is 11.6 Å². The molecule has 0 saturated heterocycles. The van der Waals surface area contributed by atoms with E-state index in [1.165, 1.54) is 0 Å². The monoisotopic (exact) mass is 304 g/mol. The number of nitrogens with zero attached hydrogens (tertiary/aromatic N) is 1. The van der Waals surface area contributed by atoms with Crippen LogP contribution in [0, 0.1) is 10.1 Å². The molecule has 0 spiro atoms. The summed E-state index contributed by atoms with van der Waals surface area (Å²) in [5.41, 5.74) is 3.32. The van der Waals surface area contributed by atoms with E-state index < -0.39 is 39.3 Å². The van der Waals surface area contributed by atoms with Crippen LogP contribution in [0.3, 0.4) is 0 Å². The van der Waals surface area contributed by atoms with E-state index in [0.717, 1.165) is 12.1 Å². The number of alkyl halides is 5. The fourth-order valence-electron chi connectivity index (χ4n) is 1.25. The highest BCUT2D eigenvalue weighted by Crippen LogP contribution is 2.45. The summed E-state index contributed by atoms with van der Waals surface area (Å²) in [7, 11) is 0. The van der Waals surface area contributed by atoms with Gasteiger partial charge in [-0.15, -0.1) is 0 Å². The molecule has 1 aromatic carbocycles. The van der Waals surface area contributed by atoms with E-state index in [1.807, 2.05) is 0 Å². The quantitative estimate of drug-likeness (QED) is 0.528. The Bertz CT molecular complexity index is 506. The lowest BCUT2D eigenvalue weighted by molar-refractivity contribution is -0.385. The molecule has 0 fully saturated rings. The van der Waals surface area contributed by atoms with Crippen LogP contribution in [0.1, 0.15) is 11.6 Å². The number of rotatable bonds is 3. The van der Waals surface area contributed by atoms with Gasteiger partial charge in [0.05, 0.1) is 4.92 Å². The molecule has 0 radical (unpaired) electrons. The third-order valence-corrected chi connectivity index (χ3v) is 2.64. The van der Waals surface area contributed by atoms with Gasteiger partial charge < -0.3 is 5.73 Å². The van der Waals surface area contributed by atoms with Crippen molar-refractivity contribution in [2.24, 2.45) is 5.73 Å². The summed E-state index contributed by atoms with van der Waals surface area (Å²) in [4.78, 5) is 9.49. The molecule has 0 aliphatic heterocycles. The van der Waals surface area contributed by atoms with Crippen LogP contribution in [-0.2, 0) is 0 Å². The first-order chi connectivity index (χ1) is 8.48. The van der Waals surface area contributed by atoms with Gasteiger partial charge in [0.25, 0.3) is 5.69 Å². The molecule has 19 heavy (non-hydrogen) atoms. The Morgan fingerprint density at radius 3 is 2.21 bits per heavy atom. The van der Waals surface area contributed by atoms with Crippen molar-refractivity contribution in [2.45, 2.75) is 18.1 Å². The zero-order valence-corrected chi connectivity index (χ0v) is 9.67. The lowest BCUT2D eigenvalue weighted by atomic mass is 10.0. The van der Waals surface area contributed by atoms with Crippen LogP contribution >= 0.6 is 11.6 Å². The summed E-state index contributed by atoms with van der Waals surface area (Å²) in [5, 5.41) is 9.93. The van der Waals surface area contributed by atoms with Crippen molar-refractivity contribution in [2.75, 3.05) is 0 Å². The summed E-state index contributed by atoms with van der Waals surface area (Å²) in [5.74, 6) is -5.26. The molecule has 0 aliphatic rings. The Hall–Kier alpha value is -1.48. The lowest BCUT2D eigenvalue weighted by Crippen LogP contribution is -2.45. The molecule has 0 bridgehead atoms. The summed E-state index contributed by atoms with van der Waals surface area (Å²) in [6.45, 7) is 0. The number of halogens is 6. The normalized spacial score (nSPS) is 14.3. The van der Waals surface area contributed by atoms with Crippen LogP contribution in [0.4, 0.5) is 27.6 Å². The topological polar surface area (TPSA) is 69.2 Å². The van der Waals surface area contributed by atoms with Gasteiger partial charge in [0.2, 0.25) is 0 Å². The van der Waals surface area contributed by atoms with Crippen molar-refractivity contribution in [1.29, 1.82) is 0 Å². The van der Waals surface area contributed by atoms with Gasteiger partial charge in [-0.25, -0.2) is 0 Å². The van der Waals surface area contributed by atoms with Gasteiger partial charge in [-0.2, -0.15) is 22.0 Å². The summed E-state index contributed by atoms with van der Waals surface area (Å²) in [6, 6.07) is -0.641. The number of hydrogen-bond donors (Lipinski definition) is 1. The molecule has 0 unspecified atom stereocenters. The fourth-order valence-corrected chi connectivity index (χ4v) is 1.49. The van der Waals surface area contributed by atoms with E-state index >= 15 is 0 Å². The van der Waals surface area contributed by atoms with Crippen LogP contribution in [0.15, 0.2) is 18.2 Å². The Morgan fingerprint density at radius 2 is 1.79 bits per heavy atom. The minimum Gasteiger partial charge on any atom is -0.319 e. The number of nitro groups is 1. The molecular formula is C9H6ClF5N2O2. The molecular weight excluding hydrogens is 299 g/mol. The molecule has 0 aliphatic carbocycles. The smallest absolute Gasteiger partial charge is 0.319 e. The van der Waals surface area contributed by atoms with Crippen LogP contribution < -0.4 is 5.73 Å². The van der Waals surface area contributed by atoms with Gasteiger partial charge >= 0.3 is 12.1 Å². The first-order valence-electron chi connectivity index (χ1n) is 4.62. The van der Waals surface area contributed by atoms with Crippen molar-refractivity contribution in [3.63, 3.8) is 0 Å². The molecule has 0 amide bonds. The summed E-state index contributed by atoms with van der Waals surface area (Å²) < 4.78 is 62.5. The molecule has 2 N–H and O–H groups in total. The van der Waals surface area contributed by atoms with Crippen molar-refractivity contribution in [3.8, 4) is 0 Å². The van der Waals surface area contributed by atoms with E-state index in [4.69, 9.17) is 17.3 Å². The van der Waals surface area contributed by atoms with Crippen molar-refractivity contribution < 1.29 is 26.9 Å². The van der Waals surface area contributed by atoms with Crippen LogP contribution in [0.5, 0.6) is 0 Å². The molecule has 4 nitrogen and oxygen atoms in total. The first kappa shape index (κ1) is 15.6. The van der Waals surface area contributed by atoms with Crippen LogP contribution in [0.25, 0.3) is 0 Å². The van der Waals surface area contributed by atoms with E-state index in [-0.39, 0.29) is 0 Å². The van der Waals surface area contributed by atoms with E-state index in [1.54, 1.807) is 0 Å². The molecule has 1 atom stereocenters. The molecule has 1 aromatic rings. The summed E-state index contributed by atoms with van der Waals surface area (Å²) in [6.07, 6.45) is -5.89. The summed E-state index contributed by atoms with van der Waals surface area (Å²) >= 11 is 5.45. The second-order valence-corrected chi connectivity index (χ2v) is 3.97. The third kappa shape index (κ3) is 2.92. The molecule has 0 aromatic heterocycles. The second kappa shape index (κ2) is 4.89. The zero-order valence-electron chi connectivity index (χ0n) is 8.92. The van der Waals surface area contributed by atoms with Gasteiger partial charge in [-0.05, 0) is 6.07 Å². The van der Waals surface area contributed by atoms with Gasteiger partial charge in [0, 0.05) is 22.7 Å². The van der Waals surface area contributed by atoms with Gasteiger partial charge in [-0.3, -0.25) is 10.1 Å². The maximum absolute atomic E-state index is 13.0.